The highest BCUT2D eigenvalue weighted by Gasteiger charge is 2.17. The number of benzene rings is 2. The van der Waals surface area contributed by atoms with Gasteiger partial charge in [0.05, 0.1) is 19.2 Å². The fourth-order valence-corrected chi connectivity index (χ4v) is 4.64. The first-order chi connectivity index (χ1) is 12.9. The second-order valence-electron chi connectivity index (χ2n) is 5.69. The van der Waals surface area contributed by atoms with Crippen LogP contribution in [0.1, 0.15) is 15.2 Å². The molecule has 0 bridgehead atoms. The van der Waals surface area contributed by atoms with Crippen LogP contribution in [0.25, 0.3) is 10.1 Å². The summed E-state index contributed by atoms with van der Waals surface area (Å²) in [6.45, 7) is 0.409. The van der Waals surface area contributed by atoms with Crippen LogP contribution in [-0.2, 0) is 6.42 Å². The van der Waals surface area contributed by atoms with E-state index in [1.807, 2.05) is 12.1 Å². The monoisotopic (exact) mass is 471 g/mol. The Hall–Kier alpha value is -1.83. The van der Waals surface area contributed by atoms with E-state index in [4.69, 9.17) is 21.1 Å². The number of methoxy groups -OCH3 is 2. The maximum atomic E-state index is 13.4. The van der Waals surface area contributed by atoms with Crippen LogP contribution in [0, 0.1) is 5.82 Å². The first kappa shape index (κ1) is 19.9. The molecule has 1 amide bonds. The van der Waals surface area contributed by atoms with Gasteiger partial charge in [-0.1, -0.05) is 27.5 Å². The number of fused-ring (bicyclic) bond motifs is 1. The van der Waals surface area contributed by atoms with Crippen LogP contribution in [0.5, 0.6) is 11.5 Å². The first-order valence-corrected chi connectivity index (χ1v) is 9.99. The third-order valence-corrected chi connectivity index (χ3v) is 6.42. The van der Waals surface area contributed by atoms with E-state index in [-0.39, 0.29) is 11.7 Å². The molecule has 1 heterocycles. The summed E-state index contributed by atoms with van der Waals surface area (Å²) in [5, 5.41) is 3.88. The molecule has 0 fully saturated rings. The third kappa shape index (κ3) is 4.20. The van der Waals surface area contributed by atoms with Crippen LogP contribution in [-0.4, -0.2) is 26.7 Å². The largest absolute Gasteiger partial charge is 0.493 e. The molecule has 3 rings (SSSR count). The molecule has 0 radical (unpaired) electrons. The molecule has 2 aromatic carbocycles. The number of carbonyl (C=O) groups is 1. The Morgan fingerprint density at radius 1 is 1.22 bits per heavy atom. The smallest absolute Gasteiger partial charge is 0.262 e. The number of ether oxygens (including phenoxy) is 2. The molecule has 1 N–H and O–H groups in total. The van der Waals surface area contributed by atoms with E-state index in [0.29, 0.717) is 44.5 Å². The summed E-state index contributed by atoms with van der Waals surface area (Å²) < 4.78 is 25.4. The zero-order valence-electron chi connectivity index (χ0n) is 14.6. The predicted octanol–water partition coefficient (Wildman–Crippen LogP) is 5.45. The second kappa shape index (κ2) is 8.46. The molecule has 1 aromatic heterocycles. The third-order valence-electron chi connectivity index (χ3n) is 4.03. The molecule has 0 atom stereocenters. The molecule has 27 heavy (non-hydrogen) atoms. The van der Waals surface area contributed by atoms with Crippen molar-refractivity contribution in [3.05, 3.63) is 56.1 Å². The van der Waals surface area contributed by atoms with Crippen LogP contribution in [0.3, 0.4) is 0 Å². The summed E-state index contributed by atoms with van der Waals surface area (Å²) in [6, 6.07) is 7.99. The number of amides is 1. The molecule has 3 aromatic rings. The standard InChI is InChI=1S/C19H16BrClFNO3S/c1-25-14-7-10(13(20)9-15(14)26-2)5-6-23-19(24)18-17(21)12-4-3-11(22)8-16(12)27-18/h3-4,7-9H,5-6H2,1-2H3,(H,23,24). The lowest BCUT2D eigenvalue weighted by atomic mass is 10.1. The molecule has 0 saturated heterocycles. The fraction of sp³-hybridized carbons (Fsp3) is 0.211. The highest BCUT2D eigenvalue weighted by Crippen LogP contribution is 2.36. The van der Waals surface area contributed by atoms with E-state index in [1.54, 1.807) is 20.3 Å². The van der Waals surface area contributed by atoms with Gasteiger partial charge in [-0.2, -0.15) is 0 Å². The molecule has 0 aliphatic rings. The molecule has 142 valence electrons. The van der Waals surface area contributed by atoms with Crippen LogP contribution in [0.2, 0.25) is 5.02 Å². The minimum absolute atomic E-state index is 0.279. The van der Waals surface area contributed by atoms with Crippen LogP contribution < -0.4 is 14.8 Å². The molecule has 0 saturated carbocycles. The van der Waals surface area contributed by atoms with E-state index in [0.717, 1.165) is 10.0 Å². The Labute approximate surface area is 173 Å². The quantitative estimate of drug-likeness (QED) is 0.519. The first-order valence-electron chi connectivity index (χ1n) is 8.00. The maximum Gasteiger partial charge on any atom is 0.262 e. The SMILES string of the molecule is COc1cc(Br)c(CCNC(=O)c2sc3cc(F)ccc3c2Cl)cc1OC. The lowest BCUT2D eigenvalue weighted by Crippen LogP contribution is -2.25. The van der Waals surface area contributed by atoms with Crippen molar-refractivity contribution in [1.29, 1.82) is 0 Å². The number of hydrogen-bond donors (Lipinski definition) is 1. The summed E-state index contributed by atoms with van der Waals surface area (Å²) in [7, 11) is 3.15. The Morgan fingerprint density at radius 2 is 1.93 bits per heavy atom. The summed E-state index contributed by atoms with van der Waals surface area (Å²) >= 11 is 11.0. The van der Waals surface area contributed by atoms with Gasteiger partial charge in [0.1, 0.15) is 10.7 Å². The van der Waals surface area contributed by atoms with Crippen molar-refractivity contribution < 1.29 is 18.7 Å². The van der Waals surface area contributed by atoms with Gasteiger partial charge in [0, 0.05) is 21.1 Å². The number of thiophene rings is 1. The molecule has 0 aliphatic carbocycles. The van der Waals surface area contributed by atoms with Crippen molar-refractivity contribution in [3.8, 4) is 11.5 Å². The molecular weight excluding hydrogens is 457 g/mol. The Kier molecular flexibility index (Phi) is 6.24. The molecular formula is C19H16BrClFNO3S. The maximum absolute atomic E-state index is 13.4. The number of carbonyl (C=O) groups excluding carboxylic acids is 1. The van der Waals surface area contributed by atoms with Crippen molar-refractivity contribution in [2.75, 3.05) is 20.8 Å². The van der Waals surface area contributed by atoms with Crippen molar-refractivity contribution in [2.24, 2.45) is 0 Å². The lowest BCUT2D eigenvalue weighted by molar-refractivity contribution is 0.0958. The van der Waals surface area contributed by atoms with Crippen LogP contribution >= 0.6 is 38.9 Å². The van der Waals surface area contributed by atoms with Crippen molar-refractivity contribution >= 4 is 54.9 Å². The minimum atomic E-state index is -0.356. The number of rotatable bonds is 6. The van der Waals surface area contributed by atoms with Crippen molar-refractivity contribution in [1.82, 2.24) is 5.32 Å². The van der Waals surface area contributed by atoms with E-state index in [1.165, 1.54) is 23.5 Å². The molecule has 0 aliphatic heterocycles. The van der Waals surface area contributed by atoms with Gasteiger partial charge in [-0.25, -0.2) is 4.39 Å². The average Bonchev–Trinajstić information content (AvgIpc) is 2.98. The zero-order chi connectivity index (χ0) is 19.6. The van der Waals surface area contributed by atoms with Crippen molar-refractivity contribution in [2.45, 2.75) is 6.42 Å². The topological polar surface area (TPSA) is 47.6 Å². The molecule has 4 nitrogen and oxygen atoms in total. The molecule has 8 heteroatoms. The highest BCUT2D eigenvalue weighted by atomic mass is 79.9. The number of hydrogen-bond acceptors (Lipinski definition) is 4. The Bertz CT molecular complexity index is 1010. The number of halogens is 3. The lowest BCUT2D eigenvalue weighted by Gasteiger charge is -2.12. The van der Waals surface area contributed by atoms with Gasteiger partial charge in [0.25, 0.3) is 5.91 Å². The minimum Gasteiger partial charge on any atom is -0.493 e. The Morgan fingerprint density at radius 3 is 2.63 bits per heavy atom. The normalized spacial score (nSPS) is 10.9. The van der Waals surface area contributed by atoms with E-state index in [2.05, 4.69) is 21.2 Å². The van der Waals surface area contributed by atoms with E-state index in [9.17, 15) is 9.18 Å². The van der Waals surface area contributed by atoms with Crippen molar-refractivity contribution in [3.63, 3.8) is 0 Å². The van der Waals surface area contributed by atoms with Gasteiger partial charge >= 0.3 is 0 Å². The van der Waals surface area contributed by atoms with Gasteiger partial charge in [-0.05, 0) is 42.3 Å². The molecule has 0 unspecified atom stereocenters. The molecule has 0 spiro atoms. The highest BCUT2D eigenvalue weighted by molar-refractivity contribution is 9.10. The van der Waals surface area contributed by atoms with Crippen LogP contribution in [0.4, 0.5) is 4.39 Å². The van der Waals surface area contributed by atoms with Crippen LogP contribution in [0.15, 0.2) is 34.8 Å². The zero-order valence-corrected chi connectivity index (χ0v) is 17.7. The summed E-state index contributed by atoms with van der Waals surface area (Å²) in [4.78, 5) is 12.9. The van der Waals surface area contributed by atoms with Gasteiger partial charge in [-0.15, -0.1) is 11.3 Å². The summed E-state index contributed by atoms with van der Waals surface area (Å²) in [5.74, 6) is 0.613. The Balaban J connectivity index is 1.71. The van der Waals surface area contributed by atoms with Gasteiger partial charge in [0.2, 0.25) is 0 Å². The van der Waals surface area contributed by atoms with Gasteiger partial charge in [-0.3, -0.25) is 4.79 Å². The number of nitrogens with one attached hydrogen (secondary N) is 1. The average molecular weight is 473 g/mol. The van der Waals surface area contributed by atoms with Gasteiger partial charge < -0.3 is 14.8 Å². The van der Waals surface area contributed by atoms with E-state index < -0.39 is 0 Å². The second-order valence-corrected chi connectivity index (χ2v) is 7.97. The predicted molar refractivity (Wildman–Crippen MR) is 110 cm³/mol. The van der Waals surface area contributed by atoms with Gasteiger partial charge in [0.15, 0.2) is 11.5 Å². The summed E-state index contributed by atoms with van der Waals surface area (Å²) in [6.07, 6.45) is 0.587. The van der Waals surface area contributed by atoms with E-state index >= 15 is 0 Å². The summed E-state index contributed by atoms with van der Waals surface area (Å²) in [5.41, 5.74) is 0.970. The fourth-order valence-electron chi connectivity index (χ4n) is 2.66.